The highest BCUT2D eigenvalue weighted by Crippen LogP contribution is 2.40. The molecule has 0 unspecified atom stereocenters. The van der Waals surface area contributed by atoms with Crippen LogP contribution in [-0.2, 0) is 4.79 Å². The molecule has 1 aliphatic heterocycles. The second kappa shape index (κ2) is 9.44. The van der Waals surface area contributed by atoms with Gasteiger partial charge >= 0.3 is 5.97 Å². The zero-order valence-electron chi connectivity index (χ0n) is 17.2. The van der Waals surface area contributed by atoms with Gasteiger partial charge in [0.25, 0.3) is 0 Å². The Morgan fingerprint density at radius 2 is 1.84 bits per heavy atom. The SMILES string of the molecule is C[C@@H]1C(=O)Nc2cc(O)cc(c2O)[C@H](Nc2cc(O)ccc2C(=O)O)C/C=C/C=C/[C@H]1O. The van der Waals surface area contributed by atoms with Crippen molar-refractivity contribution in [2.75, 3.05) is 10.6 Å². The number of amides is 1. The molecule has 0 saturated heterocycles. The van der Waals surface area contributed by atoms with Crippen molar-refractivity contribution in [1.82, 2.24) is 0 Å². The number of aliphatic hydroxyl groups is 1. The first kappa shape index (κ1) is 22.7. The highest BCUT2D eigenvalue weighted by atomic mass is 16.4. The second-order valence-corrected chi connectivity index (χ2v) is 7.48. The predicted molar refractivity (Wildman–Crippen MR) is 118 cm³/mol. The third-order valence-corrected chi connectivity index (χ3v) is 5.17. The van der Waals surface area contributed by atoms with Crippen molar-refractivity contribution in [3.8, 4) is 17.2 Å². The molecule has 9 nitrogen and oxygen atoms in total. The number of aromatic hydroxyl groups is 3. The van der Waals surface area contributed by atoms with E-state index in [9.17, 15) is 35.1 Å². The largest absolute Gasteiger partial charge is 0.508 e. The van der Waals surface area contributed by atoms with E-state index in [0.717, 1.165) is 0 Å². The van der Waals surface area contributed by atoms with Gasteiger partial charge in [0.05, 0.1) is 35.0 Å². The van der Waals surface area contributed by atoms with Gasteiger partial charge in [-0.05, 0) is 24.6 Å². The summed E-state index contributed by atoms with van der Waals surface area (Å²) in [7, 11) is 0. The molecule has 7 N–H and O–H groups in total. The first-order valence-electron chi connectivity index (χ1n) is 9.88. The molecule has 3 atom stereocenters. The third kappa shape index (κ3) is 5.01. The zero-order chi connectivity index (χ0) is 23.4. The summed E-state index contributed by atoms with van der Waals surface area (Å²) in [4.78, 5) is 24.1. The van der Waals surface area contributed by atoms with Gasteiger partial charge in [-0.2, -0.15) is 0 Å². The minimum atomic E-state index is -1.22. The predicted octanol–water partition coefficient (Wildman–Crippen LogP) is 3.11. The van der Waals surface area contributed by atoms with E-state index < -0.39 is 29.9 Å². The minimum Gasteiger partial charge on any atom is -0.508 e. The molecule has 9 heteroatoms. The number of phenols is 3. The van der Waals surface area contributed by atoms with Crippen LogP contribution in [0.1, 0.15) is 35.3 Å². The van der Waals surface area contributed by atoms with Gasteiger partial charge in [-0.25, -0.2) is 4.79 Å². The van der Waals surface area contributed by atoms with Crippen LogP contribution < -0.4 is 10.6 Å². The molecule has 2 aromatic rings. The maximum absolute atomic E-state index is 12.5. The second-order valence-electron chi connectivity index (χ2n) is 7.48. The van der Waals surface area contributed by atoms with Gasteiger partial charge in [-0.3, -0.25) is 4.79 Å². The van der Waals surface area contributed by atoms with Crippen LogP contribution in [0.15, 0.2) is 54.6 Å². The lowest BCUT2D eigenvalue weighted by Gasteiger charge is -2.23. The summed E-state index contributed by atoms with van der Waals surface area (Å²) in [5.74, 6) is -3.33. The van der Waals surface area contributed by atoms with Crippen molar-refractivity contribution in [1.29, 1.82) is 0 Å². The maximum Gasteiger partial charge on any atom is 0.337 e. The highest BCUT2D eigenvalue weighted by Gasteiger charge is 2.25. The summed E-state index contributed by atoms with van der Waals surface area (Å²) >= 11 is 0. The molecule has 2 aromatic carbocycles. The van der Waals surface area contributed by atoms with Crippen molar-refractivity contribution in [3.63, 3.8) is 0 Å². The number of fused-ring (bicyclic) bond motifs is 2. The van der Waals surface area contributed by atoms with Crippen LogP contribution in [0.5, 0.6) is 17.2 Å². The lowest BCUT2D eigenvalue weighted by Crippen LogP contribution is -2.29. The average Bonchev–Trinajstić information content (AvgIpc) is 2.73. The fourth-order valence-corrected chi connectivity index (χ4v) is 3.33. The summed E-state index contributed by atoms with van der Waals surface area (Å²) in [5.41, 5.74) is 0.145. The topological polar surface area (TPSA) is 159 Å². The van der Waals surface area contributed by atoms with Crippen LogP contribution in [0.25, 0.3) is 0 Å². The number of carboxylic acid groups (broad SMARTS) is 1. The molecule has 0 spiro atoms. The number of hydrogen-bond donors (Lipinski definition) is 7. The van der Waals surface area contributed by atoms with Crippen molar-refractivity contribution in [2.24, 2.45) is 5.92 Å². The number of aliphatic hydroxyl groups excluding tert-OH is 1. The monoisotopic (exact) mass is 440 g/mol. The summed E-state index contributed by atoms with van der Waals surface area (Å²) in [5, 5.41) is 56.0. The Morgan fingerprint density at radius 1 is 1.09 bits per heavy atom. The number of carbonyl (C=O) groups excluding carboxylic acids is 1. The molecule has 3 rings (SSSR count). The molecule has 0 saturated carbocycles. The molecule has 1 heterocycles. The van der Waals surface area contributed by atoms with Crippen LogP contribution in [0, 0.1) is 5.92 Å². The molecule has 0 radical (unpaired) electrons. The Kier molecular flexibility index (Phi) is 6.70. The van der Waals surface area contributed by atoms with E-state index in [0.29, 0.717) is 0 Å². The standard InChI is InChI=1S/C23H24N2O7/c1-12-20(28)6-4-2-3-5-17(24-18-10-13(26)7-8-15(18)23(31)32)16-9-14(27)11-19(21(16)29)25-22(12)30/h2-4,6-12,17,20,24,26-29H,5H2,1H3,(H,25,30)(H,31,32)/b3-2+,6-4+/t12-,17+,20+/m0/s1. The molecule has 2 bridgehead atoms. The molecular weight excluding hydrogens is 416 g/mol. The number of rotatable bonds is 3. The number of allylic oxidation sites excluding steroid dienone is 2. The van der Waals surface area contributed by atoms with E-state index in [-0.39, 0.29) is 46.2 Å². The quantitative estimate of drug-likeness (QED) is 0.283. The fourth-order valence-electron chi connectivity index (χ4n) is 3.33. The summed E-state index contributed by atoms with van der Waals surface area (Å²) in [6, 6.07) is 5.47. The highest BCUT2D eigenvalue weighted by molar-refractivity contribution is 5.95. The Balaban J connectivity index is 2.11. The van der Waals surface area contributed by atoms with E-state index in [1.807, 2.05) is 0 Å². The first-order chi connectivity index (χ1) is 15.2. The van der Waals surface area contributed by atoms with Crippen LogP contribution >= 0.6 is 0 Å². The van der Waals surface area contributed by atoms with Crippen molar-refractivity contribution in [2.45, 2.75) is 25.5 Å². The van der Waals surface area contributed by atoms with E-state index in [1.165, 1.54) is 43.3 Å². The smallest absolute Gasteiger partial charge is 0.337 e. The molecule has 1 aliphatic rings. The van der Waals surface area contributed by atoms with E-state index in [1.54, 1.807) is 18.2 Å². The van der Waals surface area contributed by atoms with Crippen LogP contribution in [0.4, 0.5) is 11.4 Å². The van der Waals surface area contributed by atoms with Gasteiger partial charge < -0.3 is 36.2 Å². The van der Waals surface area contributed by atoms with Gasteiger partial charge in [0.2, 0.25) is 5.91 Å². The van der Waals surface area contributed by atoms with Crippen LogP contribution in [0.2, 0.25) is 0 Å². The van der Waals surface area contributed by atoms with Crippen molar-refractivity contribution in [3.05, 3.63) is 65.8 Å². The van der Waals surface area contributed by atoms with E-state index in [2.05, 4.69) is 10.6 Å². The molecule has 0 aliphatic carbocycles. The number of carboxylic acids is 1. The number of nitrogens with one attached hydrogen (secondary N) is 2. The van der Waals surface area contributed by atoms with Crippen LogP contribution in [-0.4, -0.2) is 43.5 Å². The lowest BCUT2D eigenvalue weighted by atomic mass is 9.99. The molecule has 1 amide bonds. The zero-order valence-corrected chi connectivity index (χ0v) is 17.2. The summed E-state index contributed by atoms with van der Waals surface area (Å²) in [6.45, 7) is 1.52. The van der Waals surface area contributed by atoms with Gasteiger partial charge in [0.15, 0.2) is 0 Å². The van der Waals surface area contributed by atoms with Crippen LogP contribution in [0.3, 0.4) is 0 Å². The maximum atomic E-state index is 12.5. The molecule has 0 fully saturated rings. The number of aromatic carboxylic acids is 1. The Bertz CT molecular complexity index is 1090. The Morgan fingerprint density at radius 3 is 2.56 bits per heavy atom. The molecule has 0 aromatic heterocycles. The molecule has 32 heavy (non-hydrogen) atoms. The normalized spacial score (nSPS) is 23.1. The number of benzene rings is 2. The first-order valence-corrected chi connectivity index (χ1v) is 9.88. The van der Waals surface area contributed by atoms with E-state index in [4.69, 9.17) is 0 Å². The van der Waals surface area contributed by atoms with Crippen molar-refractivity contribution < 1.29 is 35.1 Å². The van der Waals surface area contributed by atoms with Gasteiger partial charge in [-0.1, -0.05) is 31.2 Å². The Labute approximate surface area is 184 Å². The minimum absolute atomic E-state index is 0.0579. The number of phenolic OH excluding ortho intramolecular Hbond substituents is 3. The fraction of sp³-hybridized carbons (Fsp3) is 0.217. The van der Waals surface area contributed by atoms with Gasteiger partial charge in [0.1, 0.15) is 17.2 Å². The lowest BCUT2D eigenvalue weighted by molar-refractivity contribution is -0.121. The van der Waals surface area contributed by atoms with E-state index >= 15 is 0 Å². The van der Waals surface area contributed by atoms with Gasteiger partial charge in [0, 0.05) is 17.7 Å². The number of carbonyl (C=O) groups is 2. The molecule has 168 valence electrons. The average molecular weight is 440 g/mol. The summed E-state index contributed by atoms with van der Waals surface area (Å²) < 4.78 is 0. The number of hydrogen-bond acceptors (Lipinski definition) is 7. The summed E-state index contributed by atoms with van der Waals surface area (Å²) in [6.07, 6.45) is 5.54. The Hall–Kier alpha value is -3.98. The third-order valence-electron chi connectivity index (χ3n) is 5.17. The number of anilines is 2. The van der Waals surface area contributed by atoms with Gasteiger partial charge in [-0.15, -0.1) is 0 Å². The molecular formula is C23H24N2O7. The van der Waals surface area contributed by atoms with Crippen molar-refractivity contribution >= 4 is 23.3 Å².